The van der Waals surface area contributed by atoms with Crippen LogP contribution in [0.4, 0.5) is 14.7 Å². The van der Waals surface area contributed by atoms with Gasteiger partial charge in [-0.15, -0.1) is 0 Å². The first-order valence-electron chi connectivity index (χ1n) is 13.4. The minimum atomic E-state index is -0.694. The number of benzene rings is 1. The van der Waals surface area contributed by atoms with Crippen molar-refractivity contribution in [1.82, 2.24) is 14.6 Å². The van der Waals surface area contributed by atoms with E-state index in [0.29, 0.717) is 28.9 Å². The normalized spacial score (nSPS) is 27.0. The van der Waals surface area contributed by atoms with Crippen LogP contribution in [0.15, 0.2) is 47.7 Å². The maximum atomic E-state index is 15.1. The summed E-state index contributed by atoms with van der Waals surface area (Å²) >= 11 is 0. The van der Waals surface area contributed by atoms with Gasteiger partial charge in [-0.1, -0.05) is 13.0 Å². The average Bonchev–Trinajstić information content (AvgIpc) is 3.29. The Balaban J connectivity index is 1.40. The fourth-order valence-corrected chi connectivity index (χ4v) is 5.91. The van der Waals surface area contributed by atoms with E-state index in [-0.39, 0.29) is 48.1 Å². The molecule has 3 aromatic rings. The SMILES string of the molecule is CO[C@H]1[C@H](N)C[C@H](C2C=CN=CC2Nc2ncc3ccc(-c4c(F)cc(COC(C)C)cc4F)nn23)C[C@@H]1C. The Kier molecular flexibility index (Phi) is 8.06. The highest BCUT2D eigenvalue weighted by Crippen LogP contribution is 2.38. The zero-order chi connectivity index (χ0) is 27.7. The van der Waals surface area contributed by atoms with Gasteiger partial charge in [-0.25, -0.2) is 13.8 Å². The van der Waals surface area contributed by atoms with Gasteiger partial charge in [0, 0.05) is 31.5 Å². The minimum Gasteiger partial charge on any atom is -0.380 e. The Morgan fingerprint density at radius 1 is 1.18 bits per heavy atom. The number of hydrogen-bond donors (Lipinski definition) is 2. The van der Waals surface area contributed by atoms with Crippen LogP contribution in [0.3, 0.4) is 0 Å². The van der Waals surface area contributed by atoms with Gasteiger partial charge in [0.2, 0.25) is 5.95 Å². The number of nitrogens with one attached hydrogen (secondary N) is 1. The number of hydrogen-bond acceptors (Lipinski definition) is 7. The summed E-state index contributed by atoms with van der Waals surface area (Å²) in [5, 5.41) is 8.02. The summed E-state index contributed by atoms with van der Waals surface area (Å²) in [5.74, 6) is -0.116. The van der Waals surface area contributed by atoms with Gasteiger partial charge >= 0.3 is 0 Å². The molecule has 5 rings (SSSR count). The van der Waals surface area contributed by atoms with Crippen LogP contribution in [0.1, 0.15) is 39.2 Å². The van der Waals surface area contributed by atoms with Crippen molar-refractivity contribution in [2.24, 2.45) is 28.5 Å². The number of ether oxygens (including phenoxy) is 2. The molecular weight excluding hydrogens is 502 g/mol. The summed E-state index contributed by atoms with van der Waals surface area (Å²) < 4.78 is 42.9. The first kappa shape index (κ1) is 27.4. The number of anilines is 1. The van der Waals surface area contributed by atoms with E-state index in [1.807, 2.05) is 26.3 Å². The number of aliphatic imine (C=N–C) groups is 1. The predicted molar refractivity (Wildman–Crippen MR) is 147 cm³/mol. The molecule has 39 heavy (non-hydrogen) atoms. The average molecular weight is 539 g/mol. The number of rotatable bonds is 8. The molecule has 1 fully saturated rings. The number of aromatic nitrogens is 3. The molecule has 2 aliphatic rings. The molecule has 208 valence electrons. The third kappa shape index (κ3) is 5.73. The molecule has 8 nitrogen and oxygen atoms in total. The molecule has 0 bridgehead atoms. The molecule has 1 saturated carbocycles. The summed E-state index contributed by atoms with van der Waals surface area (Å²) in [4.78, 5) is 8.88. The van der Waals surface area contributed by atoms with Crippen LogP contribution in [-0.4, -0.2) is 52.2 Å². The van der Waals surface area contributed by atoms with Crippen molar-refractivity contribution in [3.05, 3.63) is 59.9 Å². The van der Waals surface area contributed by atoms with E-state index in [2.05, 4.69) is 33.4 Å². The second-order valence-corrected chi connectivity index (χ2v) is 10.9. The number of nitrogens with zero attached hydrogens (tertiary/aromatic N) is 4. The van der Waals surface area contributed by atoms with E-state index < -0.39 is 11.6 Å². The predicted octanol–water partition coefficient (Wildman–Crippen LogP) is 4.98. The van der Waals surface area contributed by atoms with Crippen LogP contribution >= 0.6 is 0 Å². The van der Waals surface area contributed by atoms with Gasteiger partial charge in [0.05, 0.1) is 47.8 Å². The zero-order valence-electron chi connectivity index (χ0n) is 22.7. The molecule has 6 atom stereocenters. The van der Waals surface area contributed by atoms with Crippen molar-refractivity contribution in [3.63, 3.8) is 0 Å². The summed E-state index contributed by atoms with van der Waals surface area (Å²) in [7, 11) is 1.72. The van der Waals surface area contributed by atoms with Gasteiger partial charge in [-0.05, 0) is 68.4 Å². The molecular formula is C29H36F2N6O2. The minimum absolute atomic E-state index is 0.0405. The summed E-state index contributed by atoms with van der Waals surface area (Å²) in [5.41, 5.74) is 7.57. The molecule has 2 unspecified atom stereocenters. The number of imidazole rings is 1. The van der Waals surface area contributed by atoms with Gasteiger partial charge in [-0.2, -0.15) is 9.61 Å². The van der Waals surface area contributed by atoms with Crippen molar-refractivity contribution in [1.29, 1.82) is 0 Å². The summed E-state index contributed by atoms with van der Waals surface area (Å²) in [6.07, 6.45) is 9.29. The van der Waals surface area contributed by atoms with Crippen molar-refractivity contribution in [2.75, 3.05) is 12.4 Å². The molecule has 1 aromatic carbocycles. The summed E-state index contributed by atoms with van der Waals surface area (Å²) in [6.45, 7) is 6.05. The number of halogens is 2. The standard InChI is InChI=1S/C29H36F2N6O2/c1-16(2)39-15-18-10-22(30)27(23(31)11-18)25-6-5-20-13-34-29(37(20)36-25)35-26-14-33-8-7-21(26)19-9-17(3)28(38-4)24(32)12-19/h5-8,10-11,13-14,16-17,19,21,24,26,28H,9,12,15,32H2,1-4H3,(H,34,35)/t17-,19+,21?,24+,26?,28+/m0/s1. The van der Waals surface area contributed by atoms with Crippen LogP contribution in [0.5, 0.6) is 0 Å². The van der Waals surface area contributed by atoms with Gasteiger partial charge in [-0.3, -0.25) is 4.99 Å². The zero-order valence-corrected chi connectivity index (χ0v) is 22.7. The number of fused-ring (bicyclic) bond motifs is 1. The van der Waals surface area contributed by atoms with Crippen LogP contribution in [-0.2, 0) is 16.1 Å². The number of methoxy groups -OCH3 is 1. The molecule has 2 aromatic heterocycles. The van der Waals surface area contributed by atoms with E-state index in [1.54, 1.807) is 30.0 Å². The summed E-state index contributed by atoms with van der Waals surface area (Å²) in [6, 6.07) is 5.73. The molecule has 0 radical (unpaired) electrons. The Labute approximate surface area is 227 Å². The van der Waals surface area contributed by atoms with Crippen molar-refractivity contribution < 1.29 is 18.3 Å². The monoisotopic (exact) mass is 538 g/mol. The lowest BCUT2D eigenvalue weighted by atomic mass is 9.70. The highest BCUT2D eigenvalue weighted by molar-refractivity contribution is 5.72. The van der Waals surface area contributed by atoms with Crippen molar-refractivity contribution >= 4 is 17.7 Å². The van der Waals surface area contributed by atoms with E-state index in [4.69, 9.17) is 15.2 Å². The van der Waals surface area contributed by atoms with E-state index in [9.17, 15) is 0 Å². The van der Waals surface area contributed by atoms with E-state index in [1.165, 1.54) is 12.1 Å². The van der Waals surface area contributed by atoms with Gasteiger partial charge in [0.25, 0.3) is 0 Å². The Morgan fingerprint density at radius 2 is 1.95 bits per heavy atom. The lowest BCUT2D eigenvalue weighted by Crippen LogP contribution is -2.49. The maximum Gasteiger partial charge on any atom is 0.225 e. The fourth-order valence-electron chi connectivity index (χ4n) is 5.91. The third-order valence-electron chi connectivity index (χ3n) is 7.73. The smallest absolute Gasteiger partial charge is 0.225 e. The Bertz CT molecular complexity index is 1340. The molecule has 0 spiro atoms. The molecule has 10 heteroatoms. The highest BCUT2D eigenvalue weighted by atomic mass is 19.1. The molecule has 0 amide bonds. The van der Waals surface area contributed by atoms with Crippen LogP contribution < -0.4 is 11.1 Å². The van der Waals surface area contributed by atoms with Gasteiger partial charge < -0.3 is 20.5 Å². The third-order valence-corrected chi connectivity index (χ3v) is 7.73. The first-order chi connectivity index (χ1) is 18.7. The lowest BCUT2D eigenvalue weighted by Gasteiger charge is -2.42. The lowest BCUT2D eigenvalue weighted by molar-refractivity contribution is -0.00670. The number of nitrogens with two attached hydrogens (primary N) is 1. The second kappa shape index (κ2) is 11.5. The van der Waals surface area contributed by atoms with E-state index in [0.717, 1.165) is 12.8 Å². The fraction of sp³-hybridized carbons (Fsp3) is 0.483. The maximum absolute atomic E-state index is 15.1. The second-order valence-electron chi connectivity index (χ2n) is 10.9. The Hall–Kier alpha value is -3.21. The van der Waals surface area contributed by atoms with Crippen LogP contribution in [0.2, 0.25) is 0 Å². The Morgan fingerprint density at radius 3 is 2.64 bits per heavy atom. The molecule has 0 saturated heterocycles. The van der Waals surface area contributed by atoms with Crippen molar-refractivity contribution in [3.8, 4) is 11.3 Å². The van der Waals surface area contributed by atoms with Crippen molar-refractivity contribution in [2.45, 2.75) is 64.5 Å². The largest absolute Gasteiger partial charge is 0.380 e. The van der Waals surface area contributed by atoms with Gasteiger partial charge in [0.15, 0.2) is 0 Å². The van der Waals surface area contributed by atoms with E-state index >= 15 is 8.78 Å². The first-order valence-corrected chi connectivity index (χ1v) is 13.4. The van der Waals surface area contributed by atoms with Crippen LogP contribution in [0.25, 0.3) is 16.8 Å². The molecule has 1 aliphatic carbocycles. The quantitative estimate of drug-likeness (QED) is 0.420. The van der Waals surface area contributed by atoms with Gasteiger partial charge in [0.1, 0.15) is 11.6 Å². The topological polar surface area (TPSA) is 99.1 Å². The van der Waals surface area contributed by atoms with Crippen LogP contribution in [0, 0.1) is 29.4 Å². The molecule has 3 N–H and O–H groups in total. The molecule has 3 heterocycles. The highest BCUT2D eigenvalue weighted by Gasteiger charge is 2.39. The molecule has 1 aliphatic heterocycles.